The highest BCUT2D eigenvalue weighted by molar-refractivity contribution is 8.27. The van der Waals surface area contributed by atoms with Gasteiger partial charge >= 0.3 is 0 Å². The molecule has 2 fully saturated rings. The van der Waals surface area contributed by atoms with Gasteiger partial charge in [-0.05, 0) is 38.1 Å². The number of hydrogen-bond acceptors (Lipinski definition) is 5. The van der Waals surface area contributed by atoms with Crippen LogP contribution in [0.25, 0.3) is 0 Å². The lowest BCUT2D eigenvalue weighted by molar-refractivity contribution is -0.113. The number of benzene rings is 1. The largest absolute Gasteiger partial charge is 0.270 e. The average molecular weight is 337 g/mol. The Kier molecular flexibility index (Phi) is 4.31. The number of nitrogens with one attached hydrogen (secondary N) is 2. The summed E-state index contributed by atoms with van der Waals surface area (Å²) in [6.45, 7) is 4.14. The molecule has 1 aromatic rings. The summed E-state index contributed by atoms with van der Waals surface area (Å²) in [5.41, 5.74) is 6.92. The van der Waals surface area contributed by atoms with Crippen molar-refractivity contribution < 1.29 is 9.18 Å². The van der Waals surface area contributed by atoms with Crippen molar-refractivity contribution in [3.8, 4) is 0 Å². The van der Waals surface area contributed by atoms with Crippen LogP contribution in [-0.4, -0.2) is 22.3 Å². The fourth-order valence-electron chi connectivity index (χ4n) is 2.65. The van der Waals surface area contributed by atoms with Crippen LogP contribution in [0.5, 0.6) is 0 Å². The lowest BCUT2D eigenvalue weighted by atomic mass is 9.96. The molecular weight excluding hydrogens is 321 g/mol. The first-order valence-electron chi connectivity index (χ1n) is 7.02. The Morgan fingerprint density at radius 3 is 2.41 bits per heavy atom. The number of rotatable bonds is 2. The molecule has 4 nitrogen and oxygen atoms in total. The highest BCUT2D eigenvalue weighted by Gasteiger charge is 2.36. The maximum atomic E-state index is 13.0. The maximum absolute atomic E-state index is 13.0. The van der Waals surface area contributed by atoms with Gasteiger partial charge in [-0.3, -0.25) is 20.5 Å². The summed E-state index contributed by atoms with van der Waals surface area (Å²) in [5.74, 6) is -0.272. The van der Waals surface area contributed by atoms with Gasteiger partial charge in [0.1, 0.15) is 5.82 Å². The molecule has 1 amide bonds. The van der Waals surface area contributed by atoms with Crippen molar-refractivity contribution in [3.05, 3.63) is 41.1 Å². The molecule has 2 heterocycles. The number of carbonyl (C=O) groups excluding carboxylic acids is 1. The molecule has 0 spiro atoms. The van der Waals surface area contributed by atoms with Gasteiger partial charge in [0.2, 0.25) is 0 Å². The second-order valence-corrected chi connectivity index (χ2v) is 7.14. The molecule has 0 saturated carbocycles. The van der Waals surface area contributed by atoms with Gasteiger partial charge in [0.15, 0.2) is 4.32 Å². The van der Waals surface area contributed by atoms with Gasteiger partial charge < -0.3 is 0 Å². The van der Waals surface area contributed by atoms with Crippen LogP contribution >= 0.6 is 24.0 Å². The predicted molar refractivity (Wildman–Crippen MR) is 90.8 cm³/mol. The molecule has 0 aliphatic carbocycles. The van der Waals surface area contributed by atoms with Crippen molar-refractivity contribution in [1.82, 2.24) is 10.9 Å². The molecule has 1 aromatic carbocycles. The van der Waals surface area contributed by atoms with E-state index in [1.54, 1.807) is 12.1 Å². The Labute approximate surface area is 138 Å². The third-order valence-electron chi connectivity index (χ3n) is 3.92. The molecule has 2 atom stereocenters. The predicted octanol–water partition coefficient (Wildman–Crippen LogP) is 2.58. The molecule has 3 rings (SSSR count). The molecule has 2 unspecified atom stereocenters. The summed E-state index contributed by atoms with van der Waals surface area (Å²) < 4.78 is 13.5. The number of carbonyl (C=O) groups is 1. The van der Waals surface area contributed by atoms with E-state index in [2.05, 4.69) is 24.7 Å². The Morgan fingerprint density at radius 1 is 1.23 bits per heavy atom. The van der Waals surface area contributed by atoms with E-state index in [4.69, 9.17) is 12.2 Å². The number of amides is 1. The van der Waals surface area contributed by atoms with Crippen molar-refractivity contribution in [2.24, 2.45) is 5.92 Å². The quantitative estimate of drug-likeness (QED) is 0.641. The van der Waals surface area contributed by atoms with Gasteiger partial charge in [0.05, 0.1) is 10.6 Å². The van der Waals surface area contributed by atoms with E-state index in [0.717, 1.165) is 0 Å². The van der Waals surface area contributed by atoms with Gasteiger partial charge in [-0.1, -0.05) is 30.1 Å². The summed E-state index contributed by atoms with van der Waals surface area (Å²) in [5, 5.41) is 0. The minimum atomic E-state index is -0.338. The van der Waals surface area contributed by atoms with E-state index in [0.29, 0.717) is 14.9 Å². The first-order chi connectivity index (χ1) is 10.5. The van der Waals surface area contributed by atoms with E-state index in [1.807, 2.05) is 6.08 Å². The van der Waals surface area contributed by atoms with E-state index in [1.165, 1.54) is 28.8 Å². The Hall–Kier alpha value is -1.28. The monoisotopic (exact) mass is 337 g/mol. The standard InChI is InChI=1S/C15H16FN3OS2/c1-8-12(9(2)18-17-8)7-13-14(20)19(15(21)22-13)11-5-3-10(16)4-6-11/h3-9,12,17-18H,1-2H3/b13-7-. The molecule has 0 aromatic heterocycles. The van der Waals surface area contributed by atoms with Gasteiger partial charge in [0.25, 0.3) is 5.91 Å². The molecule has 2 aliphatic heterocycles. The average Bonchev–Trinajstić information content (AvgIpc) is 2.94. The minimum absolute atomic E-state index is 0.145. The summed E-state index contributed by atoms with van der Waals surface area (Å²) in [6.07, 6.45) is 1.98. The van der Waals surface area contributed by atoms with Crippen molar-refractivity contribution in [1.29, 1.82) is 0 Å². The molecular formula is C15H16FN3OS2. The Balaban J connectivity index is 1.86. The second-order valence-electron chi connectivity index (χ2n) is 5.46. The first kappa shape index (κ1) is 15.6. The zero-order chi connectivity index (χ0) is 15.9. The highest BCUT2D eigenvalue weighted by atomic mass is 32.2. The van der Waals surface area contributed by atoms with Crippen LogP contribution in [0, 0.1) is 11.7 Å². The smallest absolute Gasteiger partial charge is 0.268 e. The molecule has 2 N–H and O–H groups in total. The number of thioether (sulfide) groups is 1. The molecule has 116 valence electrons. The maximum Gasteiger partial charge on any atom is 0.270 e. The summed E-state index contributed by atoms with van der Waals surface area (Å²) in [6, 6.07) is 6.26. The summed E-state index contributed by atoms with van der Waals surface area (Å²) in [7, 11) is 0. The van der Waals surface area contributed by atoms with Crippen LogP contribution in [0.4, 0.5) is 10.1 Å². The van der Waals surface area contributed by atoms with E-state index in [-0.39, 0.29) is 29.7 Å². The normalized spacial score (nSPS) is 30.6. The molecule has 2 saturated heterocycles. The molecule has 7 heteroatoms. The summed E-state index contributed by atoms with van der Waals surface area (Å²) >= 11 is 6.60. The van der Waals surface area contributed by atoms with Crippen molar-refractivity contribution in [2.45, 2.75) is 25.9 Å². The fraction of sp³-hybridized carbons (Fsp3) is 0.333. The fourth-order valence-corrected chi connectivity index (χ4v) is 3.98. The van der Waals surface area contributed by atoms with Gasteiger partial charge in [-0.15, -0.1) is 0 Å². The SMILES string of the molecule is CC1NNC(C)C1/C=C1\SC(=S)N(c2ccc(F)cc2)C1=O. The van der Waals surface area contributed by atoms with Crippen LogP contribution in [0.3, 0.4) is 0 Å². The minimum Gasteiger partial charge on any atom is -0.268 e. The van der Waals surface area contributed by atoms with Gasteiger partial charge in [-0.25, -0.2) is 4.39 Å². The molecule has 2 aliphatic rings. The van der Waals surface area contributed by atoms with Crippen LogP contribution in [0.1, 0.15) is 13.8 Å². The number of hydrazine groups is 1. The van der Waals surface area contributed by atoms with E-state index >= 15 is 0 Å². The van der Waals surface area contributed by atoms with Crippen LogP contribution < -0.4 is 15.8 Å². The number of hydrogen-bond donors (Lipinski definition) is 2. The second kappa shape index (κ2) is 6.08. The van der Waals surface area contributed by atoms with Crippen LogP contribution in [-0.2, 0) is 4.79 Å². The van der Waals surface area contributed by atoms with E-state index in [9.17, 15) is 9.18 Å². The first-order valence-corrected chi connectivity index (χ1v) is 8.24. The topological polar surface area (TPSA) is 44.4 Å². The number of halogens is 1. The zero-order valence-electron chi connectivity index (χ0n) is 12.2. The summed E-state index contributed by atoms with van der Waals surface area (Å²) in [4.78, 5) is 14.7. The third kappa shape index (κ3) is 2.81. The van der Waals surface area contributed by atoms with Crippen LogP contribution in [0.15, 0.2) is 35.2 Å². The molecule has 0 bridgehead atoms. The third-order valence-corrected chi connectivity index (χ3v) is 5.24. The van der Waals surface area contributed by atoms with Crippen LogP contribution in [0.2, 0.25) is 0 Å². The number of thiocarbonyl (C=S) groups is 1. The van der Waals surface area contributed by atoms with Crippen molar-refractivity contribution >= 4 is 39.9 Å². The van der Waals surface area contributed by atoms with E-state index < -0.39 is 0 Å². The lowest BCUT2D eigenvalue weighted by Crippen LogP contribution is -2.30. The number of nitrogens with zero attached hydrogens (tertiary/aromatic N) is 1. The highest BCUT2D eigenvalue weighted by Crippen LogP contribution is 2.36. The molecule has 22 heavy (non-hydrogen) atoms. The number of anilines is 1. The Bertz CT molecular complexity index is 637. The van der Waals surface area contributed by atoms with Gasteiger partial charge in [-0.2, -0.15) is 0 Å². The lowest BCUT2D eigenvalue weighted by Gasteiger charge is -2.15. The van der Waals surface area contributed by atoms with Crippen molar-refractivity contribution in [2.75, 3.05) is 4.90 Å². The van der Waals surface area contributed by atoms with Crippen molar-refractivity contribution in [3.63, 3.8) is 0 Å². The van der Waals surface area contributed by atoms with Gasteiger partial charge in [0, 0.05) is 18.0 Å². The zero-order valence-corrected chi connectivity index (χ0v) is 13.8. The molecule has 0 radical (unpaired) electrons. The Morgan fingerprint density at radius 2 is 1.82 bits per heavy atom.